The van der Waals surface area contributed by atoms with E-state index < -0.39 is 19.9 Å². The lowest BCUT2D eigenvalue weighted by Gasteiger charge is -2.30. The average molecular weight is 480 g/mol. The molecule has 2 aromatic carbocycles. The summed E-state index contributed by atoms with van der Waals surface area (Å²) >= 11 is 1.40. The average Bonchev–Trinajstić information content (AvgIpc) is 3.15. The van der Waals surface area contributed by atoms with E-state index in [4.69, 9.17) is 0 Å². The molecule has 0 spiro atoms. The van der Waals surface area contributed by atoms with Gasteiger partial charge in [-0.1, -0.05) is 23.5 Å². The highest BCUT2D eigenvalue weighted by Gasteiger charge is 2.32. The van der Waals surface area contributed by atoms with Crippen LogP contribution in [-0.2, 0) is 24.7 Å². The summed E-state index contributed by atoms with van der Waals surface area (Å²) in [7, 11) is -7.15. The third-order valence-electron chi connectivity index (χ3n) is 5.24. The number of carbonyl (C=O) groups excluding carboxylic acids is 1. The number of para-hydroxylation sites is 1. The molecule has 1 saturated heterocycles. The lowest BCUT2D eigenvalue weighted by Crippen LogP contribution is -2.41. The van der Waals surface area contributed by atoms with Gasteiger partial charge in [0, 0.05) is 25.3 Å². The Morgan fingerprint density at radius 1 is 1.00 bits per heavy atom. The third-order valence-corrected chi connectivity index (χ3v) is 9.23. The number of fused-ring (bicyclic) bond motifs is 1. The van der Waals surface area contributed by atoms with Crippen molar-refractivity contribution >= 4 is 52.5 Å². The minimum Gasteiger partial charge on any atom is -0.302 e. The molecular formula is C20H21N3O5S3. The molecule has 2 heterocycles. The van der Waals surface area contributed by atoms with E-state index in [2.05, 4.69) is 10.3 Å². The van der Waals surface area contributed by atoms with Crippen LogP contribution in [0.4, 0.5) is 5.13 Å². The number of piperidine rings is 1. The SMILES string of the molecule is CS(=O)(=O)c1ccc(S(=O)(=O)N2CCC(C(=O)Nc3nc4ccccc4s3)CC2)cc1. The Hall–Kier alpha value is -2.34. The van der Waals surface area contributed by atoms with Crippen molar-refractivity contribution in [2.75, 3.05) is 24.7 Å². The van der Waals surface area contributed by atoms with Crippen molar-refractivity contribution < 1.29 is 21.6 Å². The molecule has 1 N–H and O–H groups in total. The van der Waals surface area contributed by atoms with Gasteiger partial charge in [-0.05, 0) is 49.2 Å². The van der Waals surface area contributed by atoms with E-state index in [9.17, 15) is 21.6 Å². The zero-order valence-corrected chi connectivity index (χ0v) is 19.1. The molecule has 0 atom stereocenters. The molecule has 164 valence electrons. The first kappa shape index (κ1) is 21.9. The summed E-state index contributed by atoms with van der Waals surface area (Å²) < 4.78 is 51.2. The molecule has 0 radical (unpaired) electrons. The van der Waals surface area contributed by atoms with Crippen LogP contribution in [-0.4, -0.2) is 51.4 Å². The summed E-state index contributed by atoms with van der Waals surface area (Å²) in [5, 5.41) is 3.38. The van der Waals surface area contributed by atoms with Gasteiger partial charge in [0.25, 0.3) is 0 Å². The number of sulfonamides is 1. The Kier molecular flexibility index (Phi) is 5.86. The number of nitrogens with zero attached hydrogens (tertiary/aromatic N) is 2. The molecule has 1 aliphatic heterocycles. The predicted molar refractivity (Wildman–Crippen MR) is 119 cm³/mol. The molecule has 31 heavy (non-hydrogen) atoms. The van der Waals surface area contributed by atoms with Gasteiger partial charge >= 0.3 is 0 Å². The first-order chi connectivity index (χ1) is 14.6. The van der Waals surface area contributed by atoms with Gasteiger partial charge in [-0.15, -0.1) is 0 Å². The van der Waals surface area contributed by atoms with Gasteiger partial charge in [-0.3, -0.25) is 4.79 Å². The number of rotatable bonds is 5. The zero-order valence-electron chi connectivity index (χ0n) is 16.7. The normalized spacial score (nSPS) is 16.4. The fourth-order valence-corrected chi connectivity index (χ4v) is 6.47. The number of hydrogen-bond acceptors (Lipinski definition) is 7. The van der Waals surface area contributed by atoms with Crippen LogP contribution in [0, 0.1) is 5.92 Å². The van der Waals surface area contributed by atoms with Crippen molar-refractivity contribution in [1.82, 2.24) is 9.29 Å². The topological polar surface area (TPSA) is 114 Å². The molecule has 1 amide bonds. The third kappa shape index (κ3) is 4.64. The van der Waals surface area contributed by atoms with Crippen LogP contribution in [0.5, 0.6) is 0 Å². The van der Waals surface area contributed by atoms with E-state index in [1.165, 1.54) is 39.9 Å². The summed E-state index contributed by atoms with van der Waals surface area (Å²) in [6.45, 7) is 0.433. The number of hydrogen-bond donors (Lipinski definition) is 1. The molecule has 8 nitrogen and oxygen atoms in total. The van der Waals surface area contributed by atoms with Gasteiger partial charge in [0.05, 0.1) is 20.0 Å². The molecule has 3 aromatic rings. The largest absolute Gasteiger partial charge is 0.302 e. The Bertz CT molecular complexity index is 1290. The Labute approximate surface area is 184 Å². The lowest BCUT2D eigenvalue weighted by atomic mass is 9.97. The van der Waals surface area contributed by atoms with Gasteiger partial charge in [0.2, 0.25) is 15.9 Å². The van der Waals surface area contributed by atoms with Crippen molar-refractivity contribution in [3.8, 4) is 0 Å². The second-order valence-corrected chi connectivity index (χ2v) is 12.4. The van der Waals surface area contributed by atoms with Gasteiger partial charge in [0.15, 0.2) is 15.0 Å². The van der Waals surface area contributed by atoms with Crippen molar-refractivity contribution in [3.05, 3.63) is 48.5 Å². The minimum absolute atomic E-state index is 0.0391. The van der Waals surface area contributed by atoms with Gasteiger partial charge in [-0.2, -0.15) is 4.31 Å². The number of aromatic nitrogens is 1. The second-order valence-electron chi connectivity index (χ2n) is 7.40. The van der Waals surface area contributed by atoms with E-state index in [1.54, 1.807) is 0 Å². The number of nitrogens with one attached hydrogen (secondary N) is 1. The first-order valence-corrected chi connectivity index (χ1v) is 13.8. The maximum Gasteiger partial charge on any atom is 0.243 e. The number of benzene rings is 2. The summed E-state index contributed by atoms with van der Waals surface area (Å²) in [6, 6.07) is 12.8. The molecule has 0 unspecified atom stereocenters. The quantitative estimate of drug-likeness (QED) is 0.602. The summed E-state index contributed by atoms with van der Waals surface area (Å²) in [6.07, 6.45) is 1.87. The molecule has 0 bridgehead atoms. The number of carbonyl (C=O) groups is 1. The van der Waals surface area contributed by atoms with Crippen LogP contribution in [0.2, 0.25) is 0 Å². The van der Waals surface area contributed by atoms with Crippen LogP contribution in [0.15, 0.2) is 58.3 Å². The van der Waals surface area contributed by atoms with Gasteiger partial charge in [0.1, 0.15) is 0 Å². The molecule has 0 aliphatic carbocycles. The Morgan fingerprint density at radius 2 is 1.61 bits per heavy atom. The highest BCUT2D eigenvalue weighted by Crippen LogP contribution is 2.28. The van der Waals surface area contributed by atoms with Crippen LogP contribution in [0.1, 0.15) is 12.8 Å². The fraction of sp³-hybridized carbons (Fsp3) is 0.300. The predicted octanol–water partition coefficient (Wildman–Crippen LogP) is 2.74. The standard InChI is InChI=1S/C20H21N3O5S3/c1-30(25,26)15-6-8-16(9-7-15)31(27,28)23-12-10-14(11-13-23)19(24)22-20-21-17-4-2-3-5-18(17)29-20/h2-9,14H,10-13H2,1H3,(H,21,22,24). The summed E-state index contributed by atoms with van der Waals surface area (Å²) in [5.41, 5.74) is 0.825. The number of sulfone groups is 1. The van der Waals surface area contributed by atoms with E-state index in [-0.39, 0.29) is 34.7 Å². The van der Waals surface area contributed by atoms with Crippen molar-refractivity contribution in [2.45, 2.75) is 22.6 Å². The number of thiazole rings is 1. The van der Waals surface area contributed by atoms with Crippen LogP contribution in [0.25, 0.3) is 10.2 Å². The van der Waals surface area contributed by atoms with E-state index in [1.807, 2.05) is 24.3 Å². The number of amides is 1. The maximum atomic E-state index is 12.9. The molecule has 0 saturated carbocycles. The van der Waals surface area contributed by atoms with Crippen LogP contribution in [0.3, 0.4) is 0 Å². The Morgan fingerprint density at radius 3 is 2.23 bits per heavy atom. The second kappa shape index (κ2) is 8.30. The minimum atomic E-state index is -3.75. The molecule has 1 aromatic heterocycles. The number of anilines is 1. The smallest absolute Gasteiger partial charge is 0.243 e. The van der Waals surface area contributed by atoms with Crippen LogP contribution >= 0.6 is 11.3 Å². The fourth-order valence-electron chi connectivity index (χ4n) is 3.50. The molecule has 1 aliphatic rings. The van der Waals surface area contributed by atoms with Crippen molar-refractivity contribution in [3.63, 3.8) is 0 Å². The van der Waals surface area contributed by atoms with Crippen molar-refractivity contribution in [1.29, 1.82) is 0 Å². The van der Waals surface area contributed by atoms with Gasteiger partial charge < -0.3 is 5.32 Å². The zero-order chi connectivity index (χ0) is 22.2. The van der Waals surface area contributed by atoms with Gasteiger partial charge in [-0.25, -0.2) is 21.8 Å². The maximum absolute atomic E-state index is 12.9. The van der Waals surface area contributed by atoms with E-state index in [0.717, 1.165) is 16.5 Å². The molecule has 1 fully saturated rings. The highest BCUT2D eigenvalue weighted by atomic mass is 32.2. The van der Waals surface area contributed by atoms with Crippen LogP contribution < -0.4 is 5.32 Å². The molecular weight excluding hydrogens is 458 g/mol. The van der Waals surface area contributed by atoms with Crippen molar-refractivity contribution in [2.24, 2.45) is 5.92 Å². The molecule has 11 heteroatoms. The summed E-state index contributed by atoms with van der Waals surface area (Å²) in [4.78, 5) is 17.1. The molecule has 4 rings (SSSR count). The van der Waals surface area contributed by atoms with E-state index >= 15 is 0 Å². The Balaban J connectivity index is 1.39. The monoisotopic (exact) mass is 479 g/mol. The summed E-state index contributed by atoms with van der Waals surface area (Å²) in [5.74, 6) is -0.459. The van der Waals surface area contributed by atoms with E-state index in [0.29, 0.717) is 18.0 Å². The first-order valence-electron chi connectivity index (χ1n) is 9.61. The lowest BCUT2D eigenvalue weighted by molar-refractivity contribution is -0.120. The highest BCUT2D eigenvalue weighted by molar-refractivity contribution is 7.90.